The average molecular weight is 405 g/mol. The van der Waals surface area contributed by atoms with Gasteiger partial charge in [-0.15, -0.1) is 0 Å². The van der Waals surface area contributed by atoms with Crippen molar-refractivity contribution >= 4 is 22.6 Å². The highest BCUT2D eigenvalue weighted by Gasteiger charge is 2.24. The maximum Gasteiger partial charge on any atom is 0.340 e. The maximum absolute atomic E-state index is 13.3. The van der Waals surface area contributed by atoms with E-state index < -0.39 is 11.8 Å². The Morgan fingerprint density at radius 3 is 2.37 bits per heavy atom. The van der Waals surface area contributed by atoms with E-state index in [0.29, 0.717) is 23.1 Å². The van der Waals surface area contributed by atoms with Gasteiger partial charge >= 0.3 is 5.97 Å². The summed E-state index contributed by atoms with van der Waals surface area (Å²) in [6.07, 6.45) is 0. The number of hydrogen-bond acceptors (Lipinski definition) is 4. The van der Waals surface area contributed by atoms with Crippen molar-refractivity contribution in [2.24, 2.45) is 0 Å². The molecule has 0 aliphatic carbocycles. The lowest BCUT2D eigenvalue weighted by molar-refractivity contribution is 0.0699. The molecule has 0 radical (unpaired) electrons. The van der Waals surface area contributed by atoms with E-state index in [1.807, 2.05) is 42.3 Å². The van der Waals surface area contributed by atoms with E-state index in [1.165, 1.54) is 24.3 Å². The molecule has 0 spiro atoms. The summed E-state index contributed by atoms with van der Waals surface area (Å²) in [6.45, 7) is 0.380. The van der Waals surface area contributed by atoms with E-state index in [4.69, 9.17) is 4.42 Å². The highest BCUT2D eigenvalue weighted by molar-refractivity contribution is 6.10. The van der Waals surface area contributed by atoms with Crippen molar-refractivity contribution in [3.05, 3.63) is 78.1 Å². The van der Waals surface area contributed by atoms with Crippen LogP contribution in [-0.4, -0.2) is 36.4 Å². The number of aliphatic hydroxyl groups is 1. The van der Waals surface area contributed by atoms with E-state index in [-0.39, 0.29) is 17.9 Å². The molecule has 5 nitrogen and oxygen atoms in total. The number of carboxylic acids is 1. The Balaban J connectivity index is 2.01. The number of furan rings is 1. The minimum atomic E-state index is -1.12. The number of nitrogens with zero attached hydrogens (tertiary/aromatic N) is 1. The fourth-order valence-electron chi connectivity index (χ4n) is 3.58. The molecule has 1 heterocycles. The second-order valence-electron chi connectivity index (χ2n) is 6.99. The summed E-state index contributed by atoms with van der Waals surface area (Å²) in [7, 11) is 1.85. The van der Waals surface area contributed by atoms with Crippen LogP contribution in [0.15, 0.2) is 71.1 Å². The van der Waals surface area contributed by atoms with Crippen LogP contribution in [0, 0.1) is 5.82 Å². The van der Waals surface area contributed by atoms with Gasteiger partial charge in [0.05, 0.1) is 6.61 Å². The summed E-state index contributed by atoms with van der Waals surface area (Å²) in [6, 6.07) is 18.7. The normalized spacial score (nSPS) is 11.0. The molecular formula is C24H20FNO4. The number of carbonyl (C=O) groups is 1. The summed E-state index contributed by atoms with van der Waals surface area (Å²) in [5.41, 5.74) is 3.47. The van der Waals surface area contributed by atoms with E-state index in [1.54, 1.807) is 12.1 Å². The smallest absolute Gasteiger partial charge is 0.340 e. The van der Waals surface area contributed by atoms with Crippen LogP contribution < -0.4 is 4.90 Å². The standard InChI is InChI=1S/C24H20FNO4/c1-26(11-12-27)20-14-21-19(13-18(20)15-5-3-2-4-6-15)22(24(28)29)23(30-21)16-7-9-17(25)10-8-16/h2-10,13-14,27H,11-12H2,1H3,(H,28,29). The van der Waals surface area contributed by atoms with Gasteiger partial charge in [0, 0.05) is 41.9 Å². The van der Waals surface area contributed by atoms with Crippen molar-refractivity contribution in [1.29, 1.82) is 0 Å². The van der Waals surface area contributed by atoms with Crippen LogP contribution in [0.2, 0.25) is 0 Å². The van der Waals surface area contributed by atoms with E-state index in [9.17, 15) is 19.4 Å². The lowest BCUT2D eigenvalue weighted by Gasteiger charge is -2.22. The molecule has 0 aliphatic heterocycles. The van der Waals surface area contributed by atoms with Crippen LogP contribution in [0.1, 0.15) is 10.4 Å². The summed E-state index contributed by atoms with van der Waals surface area (Å²) < 4.78 is 19.3. The molecule has 3 aromatic carbocycles. The number of benzene rings is 3. The Bertz CT molecular complexity index is 1200. The first kappa shape index (κ1) is 19.7. The Hall–Kier alpha value is -3.64. The minimum Gasteiger partial charge on any atom is -0.478 e. The van der Waals surface area contributed by atoms with E-state index in [2.05, 4.69) is 0 Å². The molecule has 30 heavy (non-hydrogen) atoms. The molecule has 6 heteroatoms. The number of likely N-dealkylation sites (N-methyl/N-ethyl adjacent to an activating group) is 1. The van der Waals surface area contributed by atoms with E-state index in [0.717, 1.165) is 16.8 Å². The van der Waals surface area contributed by atoms with Crippen molar-refractivity contribution < 1.29 is 23.8 Å². The SMILES string of the molecule is CN(CCO)c1cc2oc(-c3ccc(F)cc3)c(C(=O)O)c2cc1-c1ccccc1. The topological polar surface area (TPSA) is 73.9 Å². The highest BCUT2D eigenvalue weighted by atomic mass is 19.1. The molecule has 0 amide bonds. The first-order chi connectivity index (χ1) is 14.5. The number of rotatable bonds is 6. The molecule has 2 N–H and O–H groups in total. The second-order valence-corrected chi connectivity index (χ2v) is 6.99. The molecule has 0 bridgehead atoms. The molecule has 0 saturated heterocycles. The van der Waals surface area contributed by atoms with Gasteiger partial charge in [-0.25, -0.2) is 9.18 Å². The van der Waals surface area contributed by atoms with Crippen LogP contribution in [0.25, 0.3) is 33.4 Å². The van der Waals surface area contributed by atoms with Gasteiger partial charge in [-0.3, -0.25) is 0 Å². The van der Waals surface area contributed by atoms with Crippen molar-refractivity contribution in [3.63, 3.8) is 0 Å². The molecule has 0 fully saturated rings. The minimum absolute atomic E-state index is 0.0257. The zero-order valence-corrected chi connectivity index (χ0v) is 16.3. The third-order valence-electron chi connectivity index (χ3n) is 5.06. The fraction of sp³-hybridized carbons (Fsp3) is 0.125. The highest BCUT2D eigenvalue weighted by Crippen LogP contribution is 2.40. The number of halogens is 1. The Labute approximate surface area is 172 Å². The molecule has 152 valence electrons. The quantitative estimate of drug-likeness (QED) is 0.471. The Morgan fingerprint density at radius 1 is 1.03 bits per heavy atom. The maximum atomic E-state index is 13.3. The molecule has 4 aromatic rings. The van der Waals surface area contributed by atoms with Crippen molar-refractivity contribution in [2.75, 3.05) is 25.1 Å². The molecule has 4 rings (SSSR count). The van der Waals surface area contributed by atoms with Gasteiger partial charge in [0.25, 0.3) is 0 Å². The number of hydrogen-bond donors (Lipinski definition) is 2. The molecule has 0 saturated carbocycles. The van der Waals surface area contributed by atoms with Crippen molar-refractivity contribution in [3.8, 4) is 22.5 Å². The van der Waals surface area contributed by atoms with E-state index >= 15 is 0 Å². The Morgan fingerprint density at radius 2 is 1.73 bits per heavy atom. The largest absolute Gasteiger partial charge is 0.478 e. The van der Waals surface area contributed by atoms with Gasteiger partial charge < -0.3 is 19.5 Å². The van der Waals surface area contributed by atoms with Gasteiger partial charge in [0.15, 0.2) is 0 Å². The number of carboxylic acid groups (broad SMARTS) is 1. The summed E-state index contributed by atoms with van der Waals surface area (Å²) >= 11 is 0. The number of anilines is 1. The molecule has 0 atom stereocenters. The van der Waals surface area contributed by atoms with Crippen LogP contribution >= 0.6 is 0 Å². The first-order valence-electron chi connectivity index (χ1n) is 9.46. The molecule has 1 aromatic heterocycles. The average Bonchev–Trinajstić information content (AvgIpc) is 3.13. The predicted molar refractivity (Wildman–Crippen MR) is 114 cm³/mol. The van der Waals surface area contributed by atoms with Gasteiger partial charge in [0.1, 0.15) is 22.7 Å². The fourth-order valence-corrected chi connectivity index (χ4v) is 3.58. The third-order valence-corrected chi connectivity index (χ3v) is 5.06. The zero-order valence-electron chi connectivity index (χ0n) is 16.3. The van der Waals surface area contributed by atoms with Crippen LogP contribution in [-0.2, 0) is 0 Å². The first-order valence-corrected chi connectivity index (χ1v) is 9.46. The summed E-state index contributed by atoms with van der Waals surface area (Å²) in [5, 5.41) is 19.8. The van der Waals surface area contributed by atoms with Crippen LogP contribution in [0.5, 0.6) is 0 Å². The lowest BCUT2D eigenvalue weighted by Crippen LogP contribution is -2.21. The monoisotopic (exact) mass is 405 g/mol. The van der Waals surface area contributed by atoms with Gasteiger partial charge in [0.2, 0.25) is 0 Å². The number of fused-ring (bicyclic) bond motifs is 1. The second kappa shape index (κ2) is 8.00. The van der Waals surface area contributed by atoms with Crippen molar-refractivity contribution in [2.45, 2.75) is 0 Å². The summed E-state index contributed by atoms with van der Waals surface area (Å²) in [5.74, 6) is -1.35. The van der Waals surface area contributed by atoms with Crippen molar-refractivity contribution in [1.82, 2.24) is 0 Å². The molecular weight excluding hydrogens is 385 g/mol. The van der Waals surface area contributed by atoms with Gasteiger partial charge in [-0.2, -0.15) is 0 Å². The molecule has 0 unspecified atom stereocenters. The third kappa shape index (κ3) is 3.53. The Kier molecular flexibility index (Phi) is 5.25. The van der Waals surface area contributed by atoms with Crippen LogP contribution in [0.4, 0.5) is 10.1 Å². The number of aromatic carboxylic acids is 1. The number of aliphatic hydroxyl groups excluding tert-OH is 1. The molecule has 0 aliphatic rings. The predicted octanol–water partition coefficient (Wildman–Crippen LogP) is 5.03. The summed E-state index contributed by atoms with van der Waals surface area (Å²) in [4.78, 5) is 14.0. The lowest BCUT2D eigenvalue weighted by atomic mass is 9.98. The van der Waals surface area contributed by atoms with Gasteiger partial charge in [-0.1, -0.05) is 30.3 Å². The van der Waals surface area contributed by atoms with Gasteiger partial charge in [-0.05, 0) is 35.9 Å². The van der Waals surface area contributed by atoms with Crippen LogP contribution in [0.3, 0.4) is 0 Å². The zero-order chi connectivity index (χ0) is 21.3.